The molecule has 0 aliphatic heterocycles. The Morgan fingerprint density at radius 1 is 1.05 bits per heavy atom. The molecule has 1 amide bonds. The number of hydrogen-bond donors (Lipinski definition) is 1. The molecule has 2 aromatic rings. The molecule has 0 saturated carbocycles. The number of amides is 1. The van der Waals surface area contributed by atoms with E-state index in [0.717, 1.165) is 11.1 Å². The van der Waals surface area contributed by atoms with Crippen LogP contribution in [0.25, 0.3) is 6.08 Å². The monoisotopic (exact) mass is 305 g/mol. The van der Waals surface area contributed by atoms with Crippen LogP contribution in [-0.2, 0) is 4.79 Å². The van der Waals surface area contributed by atoms with Gasteiger partial charge in [-0.05, 0) is 48.4 Å². The summed E-state index contributed by atoms with van der Waals surface area (Å²) in [5, 5.41) is 4.05. The molecule has 0 fully saturated rings. The lowest BCUT2D eigenvalue weighted by Crippen LogP contribution is -2.08. The Morgan fingerprint density at radius 3 is 2.40 bits per heavy atom. The smallest absolute Gasteiger partial charge is 0.248 e. The molecule has 2 nitrogen and oxygen atoms in total. The van der Waals surface area contributed by atoms with E-state index < -0.39 is 0 Å². The molecule has 0 spiro atoms. The minimum atomic E-state index is -0.203. The Labute approximate surface area is 128 Å². The van der Waals surface area contributed by atoms with Gasteiger partial charge in [-0.25, -0.2) is 0 Å². The molecule has 0 aliphatic carbocycles. The standard InChI is InChI=1S/C16H13Cl2NO/c1-11-2-6-14(18)10-15(11)19-16(20)9-5-12-3-7-13(17)8-4-12/h2-10H,1H3,(H,19,20). The van der Waals surface area contributed by atoms with Crippen LogP contribution in [0.3, 0.4) is 0 Å². The molecule has 102 valence electrons. The van der Waals surface area contributed by atoms with Crippen molar-refractivity contribution in [1.82, 2.24) is 0 Å². The molecule has 2 aromatic carbocycles. The zero-order chi connectivity index (χ0) is 14.5. The zero-order valence-electron chi connectivity index (χ0n) is 10.9. The van der Waals surface area contributed by atoms with Gasteiger partial charge in [0, 0.05) is 21.8 Å². The van der Waals surface area contributed by atoms with Crippen LogP contribution in [0.4, 0.5) is 5.69 Å². The quantitative estimate of drug-likeness (QED) is 0.798. The van der Waals surface area contributed by atoms with E-state index in [1.165, 1.54) is 6.08 Å². The van der Waals surface area contributed by atoms with E-state index in [4.69, 9.17) is 23.2 Å². The number of benzene rings is 2. The average molecular weight is 306 g/mol. The highest BCUT2D eigenvalue weighted by molar-refractivity contribution is 6.31. The van der Waals surface area contributed by atoms with E-state index in [9.17, 15) is 4.79 Å². The van der Waals surface area contributed by atoms with Crippen LogP contribution in [0, 0.1) is 6.92 Å². The second-order valence-electron chi connectivity index (χ2n) is 4.33. The maximum atomic E-state index is 11.8. The van der Waals surface area contributed by atoms with Crippen molar-refractivity contribution in [3.63, 3.8) is 0 Å². The topological polar surface area (TPSA) is 29.1 Å². The first-order valence-electron chi connectivity index (χ1n) is 6.05. The third-order valence-corrected chi connectivity index (χ3v) is 3.24. The van der Waals surface area contributed by atoms with Gasteiger partial charge in [-0.15, -0.1) is 0 Å². The molecule has 0 aromatic heterocycles. The van der Waals surface area contributed by atoms with Crippen LogP contribution < -0.4 is 5.32 Å². The van der Waals surface area contributed by atoms with Crippen LogP contribution in [0.5, 0.6) is 0 Å². The van der Waals surface area contributed by atoms with Gasteiger partial charge in [0.25, 0.3) is 0 Å². The molecule has 2 rings (SSSR count). The Bertz CT molecular complexity index is 648. The second kappa shape index (κ2) is 6.60. The molecule has 0 saturated heterocycles. The number of rotatable bonds is 3. The van der Waals surface area contributed by atoms with E-state index in [-0.39, 0.29) is 5.91 Å². The van der Waals surface area contributed by atoms with Gasteiger partial charge in [0.2, 0.25) is 5.91 Å². The third kappa shape index (κ3) is 4.12. The summed E-state index contributed by atoms with van der Waals surface area (Å²) in [4.78, 5) is 11.8. The fourth-order valence-electron chi connectivity index (χ4n) is 1.65. The molecule has 0 unspecified atom stereocenters. The van der Waals surface area contributed by atoms with Gasteiger partial charge in [0.15, 0.2) is 0 Å². The van der Waals surface area contributed by atoms with Gasteiger partial charge in [-0.3, -0.25) is 4.79 Å². The number of anilines is 1. The highest BCUT2D eigenvalue weighted by atomic mass is 35.5. The van der Waals surface area contributed by atoms with E-state index in [1.807, 2.05) is 25.1 Å². The minimum Gasteiger partial charge on any atom is -0.322 e. The van der Waals surface area contributed by atoms with E-state index >= 15 is 0 Å². The molecule has 0 bridgehead atoms. The molecular formula is C16H13Cl2NO. The fraction of sp³-hybridized carbons (Fsp3) is 0.0625. The second-order valence-corrected chi connectivity index (χ2v) is 5.21. The number of carbonyl (C=O) groups is 1. The Balaban J connectivity index is 2.05. The van der Waals surface area contributed by atoms with Crippen molar-refractivity contribution >= 4 is 40.9 Å². The predicted octanol–water partition coefficient (Wildman–Crippen LogP) is 4.95. The molecule has 0 aliphatic rings. The van der Waals surface area contributed by atoms with Crippen molar-refractivity contribution in [1.29, 1.82) is 0 Å². The van der Waals surface area contributed by atoms with Crippen LogP contribution >= 0.6 is 23.2 Å². The predicted molar refractivity (Wildman–Crippen MR) is 85.3 cm³/mol. The van der Waals surface area contributed by atoms with Gasteiger partial charge in [0.05, 0.1) is 0 Å². The summed E-state index contributed by atoms with van der Waals surface area (Å²) >= 11 is 11.7. The minimum absolute atomic E-state index is 0.203. The SMILES string of the molecule is Cc1ccc(Cl)cc1NC(=O)C=Cc1ccc(Cl)cc1. The van der Waals surface area contributed by atoms with Crippen LogP contribution in [0.15, 0.2) is 48.5 Å². The van der Waals surface area contributed by atoms with E-state index in [2.05, 4.69) is 5.32 Å². The van der Waals surface area contributed by atoms with Gasteiger partial charge >= 0.3 is 0 Å². The van der Waals surface area contributed by atoms with Crippen molar-refractivity contribution in [2.24, 2.45) is 0 Å². The van der Waals surface area contributed by atoms with Crippen LogP contribution in [0.1, 0.15) is 11.1 Å². The van der Waals surface area contributed by atoms with E-state index in [0.29, 0.717) is 15.7 Å². The number of hydrogen-bond acceptors (Lipinski definition) is 1. The molecule has 20 heavy (non-hydrogen) atoms. The van der Waals surface area contributed by atoms with Crippen LogP contribution in [-0.4, -0.2) is 5.91 Å². The molecule has 0 radical (unpaired) electrons. The van der Waals surface area contributed by atoms with Gasteiger partial charge in [-0.1, -0.05) is 41.4 Å². The van der Waals surface area contributed by atoms with Crippen molar-refractivity contribution in [2.75, 3.05) is 5.32 Å². The van der Waals surface area contributed by atoms with Crippen molar-refractivity contribution < 1.29 is 4.79 Å². The van der Waals surface area contributed by atoms with Gasteiger partial charge in [0.1, 0.15) is 0 Å². The van der Waals surface area contributed by atoms with Crippen molar-refractivity contribution in [2.45, 2.75) is 6.92 Å². The van der Waals surface area contributed by atoms with Crippen molar-refractivity contribution in [3.05, 3.63) is 69.7 Å². The third-order valence-electron chi connectivity index (χ3n) is 2.75. The molecule has 1 N–H and O–H groups in total. The maximum Gasteiger partial charge on any atom is 0.248 e. The largest absolute Gasteiger partial charge is 0.322 e. The summed E-state index contributed by atoms with van der Waals surface area (Å²) in [5.74, 6) is -0.203. The first-order valence-corrected chi connectivity index (χ1v) is 6.81. The first-order chi connectivity index (χ1) is 9.54. The zero-order valence-corrected chi connectivity index (χ0v) is 12.4. The van der Waals surface area contributed by atoms with Crippen LogP contribution in [0.2, 0.25) is 10.0 Å². The number of aryl methyl sites for hydroxylation is 1. The summed E-state index contributed by atoms with van der Waals surface area (Å²) in [5.41, 5.74) is 2.58. The molecular weight excluding hydrogens is 293 g/mol. The maximum absolute atomic E-state index is 11.8. The van der Waals surface area contributed by atoms with Gasteiger partial charge in [-0.2, -0.15) is 0 Å². The highest BCUT2D eigenvalue weighted by Crippen LogP contribution is 2.20. The number of carbonyl (C=O) groups excluding carboxylic acids is 1. The summed E-state index contributed by atoms with van der Waals surface area (Å²) < 4.78 is 0. The van der Waals surface area contributed by atoms with Crippen molar-refractivity contribution in [3.8, 4) is 0 Å². The average Bonchev–Trinajstić information content (AvgIpc) is 2.42. The summed E-state index contributed by atoms with van der Waals surface area (Å²) in [6, 6.07) is 12.6. The first kappa shape index (κ1) is 14.6. The Morgan fingerprint density at radius 2 is 1.70 bits per heavy atom. The molecule has 4 heteroatoms. The summed E-state index contributed by atoms with van der Waals surface area (Å²) in [6.07, 6.45) is 3.20. The summed E-state index contributed by atoms with van der Waals surface area (Å²) in [6.45, 7) is 1.91. The van der Waals surface area contributed by atoms with E-state index in [1.54, 1.807) is 30.3 Å². The number of halogens is 2. The lowest BCUT2D eigenvalue weighted by Gasteiger charge is -2.06. The normalized spacial score (nSPS) is 10.8. The Kier molecular flexibility index (Phi) is 4.83. The fourth-order valence-corrected chi connectivity index (χ4v) is 1.95. The lowest BCUT2D eigenvalue weighted by molar-refractivity contribution is -0.111. The molecule has 0 heterocycles. The number of nitrogens with one attached hydrogen (secondary N) is 1. The Hall–Kier alpha value is -1.77. The molecule has 0 atom stereocenters. The summed E-state index contributed by atoms with van der Waals surface area (Å²) in [7, 11) is 0. The highest BCUT2D eigenvalue weighted by Gasteiger charge is 2.02. The van der Waals surface area contributed by atoms with Gasteiger partial charge < -0.3 is 5.32 Å². The lowest BCUT2D eigenvalue weighted by atomic mass is 10.2.